The van der Waals surface area contributed by atoms with Crippen LogP contribution in [-0.4, -0.2) is 13.7 Å². The Labute approximate surface area is 49.8 Å². The predicted octanol–water partition coefficient (Wildman–Crippen LogP) is 0.880. The van der Waals surface area contributed by atoms with E-state index in [9.17, 15) is 0 Å². The molecule has 2 heteroatoms. The second-order valence-electron chi connectivity index (χ2n) is 1.30. The van der Waals surface area contributed by atoms with Crippen molar-refractivity contribution in [1.82, 2.24) is 5.32 Å². The Morgan fingerprint density at radius 1 is 1.88 bits per heavy atom. The van der Waals surface area contributed by atoms with Crippen LogP contribution in [0.2, 0.25) is 0 Å². The molecule has 0 heterocycles. The lowest BCUT2D eigenvalue weighted by atomic mass is 10.6. The van der Waals surface area contributed by atoms with Crippen LogP contribution in [0.4, 0.5) is 0 Å². The minimum atomic E-state index is 0.574. The first-order valence-corrected chi connectivity index (χ1v) is 2.39. The van der Waals surface area contributed by atoms with Crippen LogP contribution in [0.25, 0.3) is 0 Å². The van der Waals surface area contributed by atoms with Gasteiger partial charge in [-0.1, -0.05) is 6.08 Å². The summed E-state index contributed by atoms with van der Waals surface area (Å²) in [6.45, 7) is 7.74. The molecule has 0 bridgehead atoms. The summed E-state index contributed by atoms with van der Waals surface area (Å²) in [5, 5.41) is 2.85. The van der Waals surface area contributed by atoms with Gasteiger partial charge in [0.1, 0.15) is 0 Å². The molecule has 0 rings (SSSR count). The van der Waals surface area contributed by atoms with Crippen molar-refractivity contribution in [3.05, 3.63) is 25.1 Å². The van der Waals surface area contributed by atoms with Gasteiger partial charge < -0.3 is 10.1 Å². The van der Waals surface area contributed by atoms with E-state index in [1.54, 1.807) is 13.2 Å². The zero-order valence-electron chi connectivity index (χ0n) is 5.11. The average Bonchev–Trinajstić information content (AvgIpc) is 1.83. The van der Waals surface area contributed by atoms with Gasteiger partial charge in [-0.25, -0.2) is 0 Å². The van der Waals surface area contributed by atoms with Crippen LogP contribution in [-0.2, 0) is 4.74 Å². The van der Waals surface area contributed by atoms with E-state index < -0.39 is 0 Å². The zero-order chi connectivity index (χ0) is 6.41. The molecule has 0 saturated heterocycles. The Morgan fingerprint density at radius 2 is 2.50 bits per heavy atom. The van der Waals surface area contributed by atoms with Gasteiger partial charge in [0.25, 0.3) is 0 Å². The smallest absolute Gasteiger partial charge is 0.179 e. The molecular weight excluding hydrogens is 102 g/mol. The maximum atomic E-state index is 4.70. The molecule has 0 aliphatic carbocycles. The molecule has 8 heavy (non-hydrogen) atoms. The van der Waals surface area contributed by atoms with Crippen molar-refractivity contribution in [1.29, 1.82) is 0 Å². The van der Waals surface area contributed by atoms with Gasteiger partial charge in [0.05, 0.1) is 7.11 Å². The van der Waals surface area contributed by atoms with Gasteiger partial charge >= 0.3 is 0 Å². The van der Waals surface area contributed by atoms with Crippen molar-refractivity contribution >= 4 is 0 Å². The third kappa shape index (κ3) is 3.28. The second kappa shape index (κ2) is 4.24. The molecular formula is C6H11NO. The number of nitrogens with one attached hydrogen (secondary N) is 1. The molecule has 0 aromatic carbocycles. The van der Waals surface area contributed by atoms with Crippen LogP contribution < -0.4 is 5.32 Å². The Morgan fingerprint density at radius 3 is 2.88 bits per heavy atom. The van der Waals surface area contributed by atoms with Crippen molar-refractivity contribution in [3.8, 4) is 0 Å². The first-order valence-electron chi connectivity index (χ1n) is 2.39. The first kappa shape index (κ1) is 7.08. The molecule has 0 aromatic rings. The molecule has 0 radical (unpaired) electrons. The fraction of sp³-hybridized carbons (Fsp3) is 0.333. The third-order valence-corrected chi connectivity index (χ3v) is 0.690. The van der Waals surface area contributed by atoms with E-state index >= 15 is 0 Å². The Hall–Kier alpha value is -0.920. The summed E-state index contributed by atoms with van der Waals surface area (Å²) in [5.41, 5.74) is 0. The normalized spacial score (nSPS) is 7.62. The molecule has 0 atom stereocenters. The fourth-order valence-corrected chi connectivity index (χ4v) is 0.258. The third-order valence-electron chi connectivity index (χ3n) is 0.690. The van der Waals surface area contributed by atoms with E-state index in [4.69, 9.17) is 4.74 Å². The SMILES string of the molecule is C=CCNC(=C)OC. The maximum Gasteiger partial charge on any atom is 0.179 e. The predicted molar refractivity (Wildman–Crippen MR) is 34.3 cm³/mol. The second-order valence-corrected chi connectivity index (χ2v) is 1.30. The van der Waals surface area contributed by atoms with E-state index in [1.807, 2.05) is 0 Å². The Bertz CT molecular complexity index is 88.5. The van der Waals surface area contributed by atoms with E-state index in [-0.39, 0.29) is 0 Å². The van der Waals surface area contributed by atoms with Crippen molar-refractivity contribution in [2.45, 2.75) is 0 Å². The van der Waals surface area contributed by atoms with Crippen molar-refractivity contribution in [2.24, 2.45) is 0 Å². The fourth-order valence-electron chi connectivity index (χ4n) is 0.258. The molecule has 0 saturated carbocycles. The van der Waals surface area contributed by atoms with Gasteiger partial charge in [-0.15, -0.1) is 6.58 Å². The molecule has 0 aliphatic rings. The molecule has 0 aromatic heterocycles. The summed E-state index contributed by atoms with van der Waals surface area (Å²) in [5.74, 6) is 0.574. The van der Waals surface area contributed by atoms with Gasteiger partial charge in [-0.05, 0) is 6.58 Å². The lowest BCUT2D eigenvalue weighted by molar-refractivity contribution is 0.267. The number of methoxy groups -OCH3 is 1. The molecule has 0 amide bonds. The summed E-state index contributed by atoms with van der Waals surface area (Å²) in [6, 6.07) is 0. The lowest BCUT2D eigenvalue weighted by Crippen LogP contribution is -2.12. The van der Waals surface area contributed by atoms with Crippen LogP contribution in [0.15, 0.2) is 25.1 Å². The average molecular weight is 113 g/mol. The number of hydrogen-bond acceptors (Lipinski definition) is 2. The Kier molecular flexibility index (Phi) is 3.76. The largest absolute Gasteiger partial charge is 0.483 e. The molecule has 46 valence electrons. The van der Waals surface area contributed by atoms with Crippen LogP contribution in [0.5, 0.6) is 0 Å². The van der Waals surface area contributed by atoms with E-state index in [0.717, 1.165) is 0 Å². The molecule has 0 unspecified atom stereocenters. The van der Waals surface area contributed by atoms with Crippen LogP contribution in [0, 0.1) is 0 Å². The van der Waals surface area contributed by atoms with Gasteiger partial charge in [0.15, 0.2) is 5.88 Å². The molecule has 2 nitrogen and oxygen atoms in total. The molecule has 1 N–H and O–H groups in total. The highest BCUT2D eigenvalue weighted by Crippen LogP contribution is 1.79. The quantitative estimate of drug-likeness (QED) is 0.431. The molecule has 0 aliphatic heterocycles. The van der Waals surface area contributed by atoms with Crippen LogP contribution in [0.3, 0.4) is 0 Å². The van der Waals surface area contributed by atoms with Crippen molar-refractivity contribution in [3.63, 3.8) is 0 Å². The van der Waals surface area contributed by atoms with Gasteiger partial charge in [0, 0.05) is 6.54 Å². The Balaban J connectivity index is 3.11. The summed E-state index contributed by atoms with van der Waals surface area (Å²) < 4.78 is 4.70. The van der Waals surface area contributed by atoms with E-state index in [2.05, 4.69) is 18.5 Å². The van der Waals surface area contributed by atoms with Crippen molar-refractivity contribution in [2.75, 3.05) is 13.7 Å². The topological polar surface area (TPSA) is 21.3 Å². The minimum Gasteiger partial charge on any atom is -0.483 e. The lowest BCUT2D eigenvalue weighted by Gasteiger charge is -2.02. The highest BCUT2D eigenvalue weighted by Gasteiger charge is 1.81. The number of rotatable bonds is 4. The number of ether oxygens (including phenoxy) is 1. The van der Waals surface area contributed by atoms with Gasteiger partial charge in [-0.2, -0.15) is 0 Å². The van der Waals surface area contributed by atoms with Gasteiger partial charge in [0.2, 0.25) is 0 Å². The molecule has 0 fully saturated rings. The van der Waals surface area contributed by atoms with Gasteiger partial charge in [-0.3, -0.25) is 0 Å². The highest BCUT2D eigenvalue weighted by atomic mass is 16.5. The standard InChI is InChI=1S/C6H11NO/c1-4-5-7-6(2)8-3/h4,7H,1-2,5H2,3H3. The highest BCUT2D eigenvalue weighted by molar-refractivity contribution is 4.82. The van der Waals surface area contributed by atoms with Crippen molar-refractivity contribution < 1.29 is 4.74 Å². The maximum absolute atomic E-state index is 4.70. The van der Waals surface area contributed by atoms with Crippen LogP contribution in [0.1, 0.15) is 0 Å². The van der Waals surface area contributed by atoms with Crippen LogP contribution >= 0.6 is 0 Å². The summed E-state index contributed by atoms with van der Waals surface area (Å²) in [4.78, 5) is 0. The minimum absolute atomic E-state index is 0.574. The van der Waals surface area contributed by atoms with E-state index in [1.165, 1.54) is 0 Å². The van der Waals surface area contributed by atoms with E-state index in [0.29, 0.717) is 12.4 Å². The molecule has 0 spiro atoms. The number of hydrogen-bond donors (Lipinski definition) is 1. The monoisotopic (exact) mass is 113 g/mol. The summed E-state index contributed by atoms with van der Waals surface area (Å²) >= 11 is 0. The summed E-state index contributed by atoms with van der Waals surface area (Å²) in [6.07, 6.45) is 1.74. The zero-order valence-corrected chi connectivity index (χ0v) is 5.11. The first-order chi connectivity index (χ1) is 3.81. The summed E-state index contributed by atoms with van der Waals surface area (Å²) in [7, 11) is 1.57.